The molecule has 1 N–H and O–H groups in total. The first-order valence-electron chi connectivity index (χ1n) is 7.42. The van der Waals surface area contributed by atoms with Gasteiger partial charge in [-0.2, -0.15) is 0 Å². The average molecular weight is 347 g/mol. The van der Waals surface area contributed by atoms with E-state index in [0.29, 0.717) is 12.6 Å². The molecule has 0 radical (unpaired) electrons. The van der Waals surface area contributed by atoms with Crippen molar-refractivity contribution in [3.63, 3.8) is 0 Å². The molecule has 1 aromatic carbocycles. The van der Waals surface area contributed by atoms with Crippen LogP contribution in [0.4, 0.5) is 5.69 Å². The summed E-state index contributed by atoms with van der Waals surface area (Å²) < 4.78 is 6.83. The summed E-state index contributed by atoms with van der Waals surface area (Å²) in [5.74, 6) is 0.966. The number of nitrogens with zero attached hydrogens (tertiary/aromatic N) is 1. The fourth-order valence-electron chi connectivity index (χ4n) is 2.59. The number of nitrogens with one attached hydrogen (secondary N) is 1. The lowest BCUT2D eigenvalue weighted by molar-refractivity contribution is 0.210. The van der Waals surface area contributed by atoms with Gasteiger partial charge in [0.1, 0.15) is 10.4 Å². The highest BCUT2D eigenvalue weighted by molar-refractivity contribution is 9.10. The number of halogens is 1. The van der Waals surface area contributed by atoms with Crippen molar-refractivity contribution >= 4 is 21.6 Å². The van der Waals surface area contributed by atoms with Gasteiger partial charge in [0.25, 0.3) is 0 Å². The third-order valence-electron chi connectivity index (χ3n) is 3.71. The highest BCUT2D eigenvalue weighted by atomic mass is 79.9. The molecule has 1 aliphatic carbocycles. The van der Waals surface area contributed by atoms with E-state index in [9.17, 15) is 0 Å². The van der Waals surface area contributed by atoms with Gasteiger partial charge in [0.2, 0.25) is 0 Å². The molecule has 0 aliphatic heterocycles. The van der Waals surface area contributed by atoms with Crippen LogP contribution < -0.4 is 10.1 Å². The molecule has 4 heteroatoms. The predicted molar refractivity (Wildman–Crippen MR) is 88.6 cm³/mol. The number of aromatic nitrogens is 1. The highest BCUT2D eigenvalue weighted by Gasteiger charge is 2.16. The number of pyridine rings is 1. The average Bonchev–Trinajstić information content (AvgIpc) is 3.00. The zero-order valence-electron chi connectivity index (χ0n) is 11.9. The van der Waals surface area contributed by atoms with Gasteiger partial charge in [-0.15, -0.1) is 0 Å². The second-order valence-electron chi connectivity index (χ2n) is 5.35. The number of hydrogen-bond acceptors (Lipinski definition) is 3. The maximum atomic E-state index is 5.96. The molecular formula is C17H19BrN2O. The summed E-state index contributed by atoms with van der Waals surface area (Å²) >= 11 is 3.38. The van der Waals surface area contributed by atoms with Crippen LogP contribution in [0.1, 0.15) is 31.4 Å². The standard InChI is InChI=1S/C17H19BrN2O/c18-17-7-3-4-14(20-17)12-19-13-8-10-16(11-9-13)21-15-5-1-2-6-15/h3-4,7-11,15,19H,1-2,5-6,12H2. The van der Waals surface area contributed by atoms with Gasteiger partial charge in [0.05, 0.1) is 18.3 Å². The van der Waals surface area contributed by atoms with E-state index in [1.54, 1.807) is 0 Å². The largest absolute Gasteiger partial charge is 0.490 e. The summed E-state index contributed by atoms with van der Waals surface area (Å²) in [6.07, 6.45) is 5.38. The Morgan fingerprint density at radius 3 is 2.57 bits per heavy atom. The molecule has 0 spiro atoms. The lowest BCUT2D eigenvalue weighted by Crippen LogP contribution is -2.10. The Kier molecular flexibility index (Phi) is 4.76. The molecule has 1 aromatic heterocycles. The summed E-state index contributed by atoms with van der Waals surface area (Å²) in [7, 11) is 0. The SMILES string of the molecule is Brc1cccc(CNc2ccc(OC3CCCC3)cc2)n1. The Morgan fingerprint density at radius 1 is 1.10 bits per heavy atom. The fourth-order valence-corrected chi connectivity index (χ4v) is 2.97. The van der Waals surface area contributed by atoms with E-state index in [0.717, 1.165) is 21.7 Å². The second kappa shape index (κ2) is 6.94. The minimum atomic E-state index is 0.412. The summed E-state index contributed by atoms with van der Waals surface area (Å²) in [6, 6.07) is 14.1. The van der Waals surface area contributed by atoms with Crippen LogP contribution in [0.2, 0.25) is 0 Å². The van der Waals surface area contributed by atoms with Crippen molar-refractivity contribution in [2.75, 3.05) is 5.32 Å². The minimum Gasteiger partial charge on any atom is -0.490 e. The van der Waals surface area contributed by atoms with Crippen LogP contribution in [0.15, 0.2) is 47.1 Å². The van der Waals surface area contributed by atoms with Crippen LogP contribution >= 0.6 is 15.9 Å². The van der Waals surface area contributed by atoms with Crippen molar-refractivity contribution in [2.45, 2.75) is 38.3 Å². The van der Waals surface area contributed by atoms with Crippen molar-refractivity contribution in [3.8, 4) is 5.75 Å². The van der Waals surface area contributed by atoms with E-state index in [1.165, 1.54) is 25.7 Å². The monoisotopic (exact) mass is 346 g/mol. The first-order valence-corrected chi connectivity index (χ1v) is 8.21. The van der Waals surface area contributed by atoms with Crippen LogP contribution in [-0.4, -0.2) is 11.1 Å². The van der Waals surface area contributed by atoms with Gasteiger partial charge in [-0.05, 0) is 78.0 Å². The van der Waals surface area contributed by atoms with Gasteiger partial charge < -0.3 is 10.1 Å². The lowest BCUT2D eigenvalue weighted by atomic mass is 10.2. The van der Waals surface area contributed by atoms with Gasteiger partial charge >= 0.3 is 0 Å². The lowest BCUT2D eigenvalue weighted by Gasteiger charge is -2.13. The number of benzene rings is 1. The van der Waals surface area contributed by atoms with Crippen LogP contribution in [-0.2, 0) is 6.54 Å². The van der Waals surface area contributed by atoms with Crippen molar-refractivity contribution in [2.24, 2.45) is 0 Å². The Morgan fingerprint density at radius 2 is 1.86 bits per heavy atom. The van der Waals surface area contributed by atoms with E-state index in [-0.39, 0.29) is 0 Å². The normalized spacial score (nSPS) is 15.1. The number of hydrogen-bond donors (Lipinski definition) is 1. The molecule has 3 nitrogen and oxygen atoms in total. The van der Waals surface area contributed by atoms with E-state index >= 15 is 0 Å². The maximum absolute atomic E-state index is 5.96. The van der Waals surface area contributed by atoms with Crippen LogP contribution in [0.5, 0.6) is 5.75 Å². The zero-order valence-corrected chi connectivity index (χ0v) is 13.5. The summed E-state index contributed by atoms with van der Waals surface area (Å²) in [6.45, 7) is 0.711. The van der Waals surface area contributed by atoms with Gasteiger partial charge in [0, 0.05) is 5.69 Å². The van der Waals surface area contributed by atoms with E-state index in [4.69, 9.17) is 4.74 Å². The van der Waals surface area contributed by atoms with Crippen molar-refractivity contribution < 1.29 is 4.74 Å². The third kappa shape index (κ3) is 4.21. The van der Waals surface area contributed by atoms with Gasteiger partial charge in [0.15, 0.2) is 0 Å². The first-order chi connectivity index (χ1) is 10.3. The fraction of sp³-hybridized carbons (Fsp3) is 0.353. The summed E-state index contributed by atoms with van der Waals surface area (Å²) in [5, 5.41) is 3.37. The molecule has 0 unspecified atom stereocenters. The molecule has 1 saturated carbocycles. The molecule has 2 aromatic rings. The van der Waals surface area contributed by atoms with Gasteiger partial charge in [-0.1, -0.05) is 6.07 Å². The van der Waals surface area contributed by atoms with Crippen LogP contribution in [0.3, 0.4) is 0 Å². The molecule has 0 saturated heterocycles. The maximum Gasteiger partial charge on any atom is 0.119 e. The van der Waals surface area contributed by atoms with E-state index < -0.39 is 0 Å². The predicted octanol–water partition coefficient (Wildman–Crippen LogP) is 4.78. The van der Waals surface area contributed by atoms with Gasteiger partial charge in [-0.25, -0.2) is 4.98 Å². The first kappa shape index (κ1) is 14.4. The van der Waals surface area contributed by atoms with Crippen molar-refractivity contribution in [1.82, 2.24) is 4.98 Å². The highest BCUT2D eigenvalue weighted by Crippen LogP contribution is 2.25. The Hall–Kier alpha value is -1.55. The van der Waals surface area contributed by atoms with Crippen LogP contribution in [0.25, 0.3) is 0 Å². The molecule has 1 aliphatic rings. The Balaban J connectivity index is 1.54. The number of rotatable bonds is 5. The molecule has 0 amide bonds. The number of ether oxygens (including phenoxy) is 1. The number of anilines is 1. The topological polar surface area (TPSA) is 34.1 Å². The van der Waals surface area contributed by atoms with Crippen molar-refractivity contribution in [3.05, 3.63) is 52.8 Å². The summed E-state index contributed by atoms with van der Waals surface area (Å²) in [5.41, 5.74) is 2.09. The zero-order chi connectivity index (χ0) is 14.5. The molecule has 1 fully saturated rings. The molecule has 21 heavy (non-hydrogen) atoms. The molecule has 110 valence electrons. The van der Waals surface area contributed by atoms with Gasteiger partial charge in [-0.3, -0.25) is 0 Å². The van der Waals surface area contributed by atoms with E-state index in [1.807, 2.05) is 30.3 Å². The minimum absolute atomic E-state index is 0.412. The molecule has 3 rings (SSSR count). The Bertz CT molecular complexity index is 580. The van der Waals surface area contributed by atoms with Crippen molar-refractivity contribution in [1.29, 1.82) is 0 Å². The summed E-state index contributed by atoms with van der Waals surface area (Å²) in [4.78, 5) is 4.40. The van der Waals surface area contributed by atoms with Crippen LogP contribution in [0, 0.1) is 0 Å². The molecule has 1 heterocycles. The van der Waals surface area contributed by atoms with E-state index in [2.05, 4.69) is 38.4 Å². The molecular weight excluding hydrogens is 328 g/mol. The second-order valence-corrected chi connectivity index (χ2v) is 6.17. The smallest absolute Gasteiger partial charge is 0.119 e. The Labute approximate surface area is 133 Å². The quantitative estimate of drug-likeness (QED) is 0.791. The molecule has 0 atom stereocenters. The third-order valence-corrected chi connectivity index (χ3v) is 4.15. The molecule has 0 bridgehead atoms.